The monoisotopic (exact) mass is 184 g/mol. The molecule has 1 heterocycles. The summed E-state index contributed by atoms with van der Waals surface area (Å²) in [7, 11) is 0. The molecule has 1 amide bonds. The van der Waals surface area contributed by atoms with Crippen LogP contribution in [0.15, 0.2) is 0 Å². The molecule has 0 radical (unpaired) electrons. The van der Waals surface area contributed by atoms with Crippen LogP contribution < -0.4 is 5.73 Å². The summed E-state index contributed by atoms with van der Waals surface area (Å²) in [4.78, 5) is 13.6. The van der Waals surface area contributed by atoms with Crippen LogP contribution >= 0.6 is 0 Å². The highest BCUT2D eigenvalue weighted by atomic mass is 16.2. The predicted molar refractivity (Wildman–Crippen MR) is 53.2 cm³/mol. The van der Waals surface area contributed by atoms with Gasteiger partial charge in [0, 0.05) is 13.1 Å². The lowest BCUT2D eigenvalue weighted by Crippen LogP contribution is -2.45. The SMILES string of the molecule is CC1CCN(C(=O)C(N)C(C)C)C1. The molecule has 1 fully saturated rings. The average molecular weight is 184 g/mol. The molecule has 0 aromatic rings. The van der Waals surface area contributed by atoms with Crippen LogP contribution in [-0.4, -0.2) is 29.9 Å². The van der Waals surface area contributed by atoms with Crippen LogP contribution in [0.4, 0.5) is 0 Å². The van der Waals surface area contributed by atoms with Gasteiger partial charge in [0.15, 0.2) is 0 Å². The van der Waals surface area contributed by atoms with E-state index in [-0.39, 0.29) is 17.9 Å². The lowest BCUT2D eigenvalue weighted by atomic mass is 10.0. The third kappa shape index (κ3) is 2.44. The van der Waals surface area contributed by atoms with Gasteiger partial charge in [-0.1, -0.05) is 20.8 Å². The van der Waals surface area contributed by atoms with E-state index in [0.29, 0.717) is 5.92 Å². The lowest BCUT2D eigenvalue weighted by Gasteiger charge is -2.22. The van der Waals surface area contributed by atoms with Gasteiger partial charge in [0.1, 0.15) is 0 Å². The second kappa shape index (κ2) is 4.09. The summed E-state index contributed by atoms with van der Waals surface area (Å²) in [6.45, 7) is 7.93. The summed E-state index contributed by atoms with van der Waals surface area (Å²) in [6, 6.07) is -0.315. The van der Waals surface area contributed by atoms with Crippen molar-refractivity contribution in [2.24, 2.45) is 17.6 Å². The van der Waals surface area contributed by atoms with Crippen LogP contribution in [0.5, 0.6) is 0 Å². The van der Waals surface area contributed by atoms with Crippen molar-refractivity contribution in [3.05, 3.63) is 0 Å². The first-order valence-electron chi connectivity index (χ1n) is 5.06. The van der Waals surface area contributed by atoms with E-state index in [0.717, 1.165) is 19.5 Å². The molecule has 0 aliphatic carbocycles. The van der Waals surface area contributed by atoms with Crippen molar-refractivity contribution in [3.63, 3.8) is 0 Å². The first-order chi connectivity index (χ1) is 6.02. The molecule has 0 aromatic carbocycles. The highest BCUT2D eigenvalue weighted by Crippen LogP contribution is 2.16. The first kappa shape index (κ1) is 10.5. The van der Waals surface area contributed by atoms with Gasteiger partial charge in [-0.05, 0) is 18.3 Å². The molecule has 0 aromatic heterocycles. The zero-order chi connectivity index (χ0) is 10.0. The van der Waals surface area contributed by atoms with Crippen molar-refractivity contribution in [1.29, 1.82) is 0 Å². The van der Waals surface area contributed by atoms with Crippen LogP contribution in [0.25, 0.3) is 0 Å². The van der Waals surface area contributed by atoms with Crippen molar-refractivity contribution in [2.45, 2.75) is 33.2 Å². The standard InChI is InChI=1S/C10H20N2O/c1-7(2)9(11)10(13)12-5-4-8(3)6-12/h7-9H,4-6,11H2,1-3H3. The molecule has 0 saturated carbocycles. The third-order valence-electron chi connectivity index (χ3n) is 2.74. The zero-order valence-corrected chi connectivity index (χ0v) is 8.79. The Bertz CT molecular complexity index is 191. The van der Waals surface area contributed by atoms with Gasteiger partial charge in [0.25, 0.3) is 0 Å². The highest BCUT2D eigenvalue weighted by Gasteiger charge is 2.28. The molecule has 0 bridgehead atoms. The molecular weight excluding hydrogens is 164 g/mol. The van der Waals surface area contributed by atoms with E-state index in [1.807, 2.05) is 18.7 Å². The Hall–Kier alpha value is -0.570. The minimum atomic E-state index is -0.315. The maximum absolute atomic E-state index is 11.7. The first-order valence-corrected chi connectivity index (χ1v) is 5.06. The largest absolute Gasteiger partial charge is 0.341 e. The summed E-state index contributed by atoms with van der Waals surface area (Å²) in [5.41, 5.74) is 5.79. The summed E-state index contributed by atoms with van der Waals surface area (Å²) in [6.07, 6.45) is 1.12. The normalized spacial score (nSPS) is 25.3. The summed E-state index contributed by atoms with van der Waals surface area (Å²) < 4.78 is 0. The van der Waals surface area contributed by atoms with Crippen molar-refractivity contribution in [3.8, 4) is 0 Å². The Balaban J connectivity index is 2.48. The van der Waals surface area contributed by atoms with E-state index in [1.54, 1.807) is 0 Å². The van der Waals surface area contributed by atoms with Crippen molar-refractivity contribution in [2.75, 3.05) is 13.1 Å². The Labute approximate surface area is 80.3 Å². The number of nitrogens with two attached hydrogens (primary N) is 1. The smallest absolute Gasteiger partial charge is 0.239 e. The van der Waals surface area contributed by atoms with Crippen molar-refractivity contribution >= 4 is 5.91 Å². The summed E-state index contributed by atoms with van der Waals surface area (Å²) in [5, 5.41) is 0. The van der Waals surface area contributed by atoms with Gasteiger partial charge in [-0.2, -0.15) is 0 Å². The van der Waals surface area contributed by atoms with Crippen molar-refractivity contribution < 1.29 is 4.79 Å². The molecular formula is C10H20N2O. The molecule has 0 spiro atoms. The van der Waals surface area contributed by atoms with Crippen LogP contribution in [0, 0.1) is 11.8 Å². The average Bonchev–Trinajstić information content (AvgIpc) is 2.49. The molecule has 2 N–H and O–H groups in total. The lowest BCUT2D eigenvalue weighted by molar-refractivity contribution is -0.132. The Morgan fingerprint density at radius 2 is 2.15 bits per heavy atom. The molecule has 2 unspecified atom stereocenters. The number of nitrogens with zero attached hydrogens (tertiary/aromatic N) is 1. The fraction of sp³-hybridized carbons (Fsp3) is 0.900. The molecule has 2 atom stereocenters. The van der Waals surface area contributed by atoms with E-state index in [4.69, 9.17) is 5.73 Å². The minimum absolute atomic E-state index is 0.124. The third-order valence-corrected chi connectivity index (χ3v) is 2.74. The molecule has 13 heavy (non-hydrogen) atoms. The molecule has 3 nitrogen and oxygen atoms in total. The summed E-state index contributed by atoms with van der Waals surface area (Å²) >= 11 is 0. The van der Waals surface area contributed by atoms with Gasteiger partial charge in [-0.15, -0.1) is 0 Å². The number of rotatable bonds is 2. The van der Waals surface area contributed by atoms with Crippen molar-refractivity contribution in [1.82, 2.24) is 4.90 Å². The number of carbonyl (C=O) groups excluding carboxylic acids is 1. The zero-order valence-electron chi connectivity index (χ0n) is 8.79. The van der Waals surface area contributed by atoms with E-state index >= 15 is 0 Å². The predicted octanol–water partition coefficient (Wildman–Crippen LogP) is 0.838. The minimum Gasteiger partial charge on any atom is -0.341 e. The topological polar surface area (TPSA) is 46.3 Å². The molecule has 1 aliphatic heterocycles. The van der Waals surface area contributed by atoms with Gasteiger partial charge in [0.2, 0.25) is 5.91 Å². The fourth-order valence-corrected chi connectivity index (χ4v) is 1.63. The van der Waals surface area contributed by atoms with Crippen LogP contribution in [-0.2, 0) is 4.79 Å². The second-order valence-corrected chi connectivity index (χ2v) is 4.45. The molecule has 1 aliphatic rings. The highest BCUT2D eigenvalue weighted by molar-refractivity contribution is 5.82. The van der Waals surface area contributed by atoms with Gasteiger partial charge >= 0.3 is 0 Å². The van der Waals surface area contributed by atoms with E-state index in [1.165, 1.54) is 0 Å². The van der Waals surface area contributed by atoms with Gasteiger partial charge in [-0.25, -0.2) is 0 Å². The Morgan fingerprint density at radius 3 is 2.54 bits per heavy atom. The number of hydrogen-bond donors (Lipinski definition) is 1. The van der Waals surface area contributed by atoms with Gasteiger partial charge in [0.05, 0.1) is 6.04 Å². The quantitative estimate of drug-likeness (QED) is 0.691. The number of hydrogen-bond acceptors (Lipinski definition) is 2. The molecule has 1 saturated heterocycles. The van der Waals surface area contributed by atoms with E-state index in [2.05, 4.69) is 6.92 Å². The van der Waals surface area contributed by atoms with E-state index in [9.17, 15) is 4.79 Å². The molecule has 76 valence electrons. The van der Waals surface area contributed by atoms with E-state index < -0.39 is 0 Å². The fourth-order valence-electron chi connectivity index (χ4n) is 1.63. The van der Waals surface area contributed by atoms with Gasteiger partial charge in [-0.3, -0.25) is 4.79 Å². The molecule has 1 rings (SSSR count). The Morgan fingerprint density at radius 1 is 1.54 bits per heavy atom. The second-order valence-electron chi connectivity index (χ2n) is 4.45. The van der Waals surface area contributed by atoms with Crippen LogP contribution in [0.3, 0.4) is 0 Å². The number of likely N-dealkylation sites (tertiary alicyclic amines) is 1. The van der Waals surface area contributed by atoms with Crippen LogP contribution in [0.1, 0.15) is 27.2 Å². The number of carbonyl (C=O) groups is 1. The summed E-state index contributed by atoms with van der Waals surface area (Å²) in [5.74, 6) is 1.01. The van der Waals surface area contributed by atoms with Gasteiger partial charge < -0.3 is 10.6 Å². The Kier molecular flexibility index (Phi) is 3.31. The maximum atomic E-state index is 11.7. The maximum Gasteiger partial charge on any atom is 0.239 e. The number of amides is 1. The molecule has 3 heteroatoms. The van der Waals surface area contributed by atoms with Crippen LogP contribution in [0.2, 0.25) is 0 Å².